The van der Waals surface area contributed by atoms with Gasteiger partial charge in [0.25, 0.3) is 0 Å². The summed E-state index contributed by atoms with van der Waals surface area (Å²) < 4.78 is 3.43. The quantitative estimate of drug-likeness (QED) is 0.683. The van der Waals surface area contributed by atoms with Gasteiger partial charge in [0, 0.05) is 22.8 Å². The van der Waals surface area contributed by atoms with Crippen molar-refractivity contribution in [1.82, 2.24) is 9.55 Å². The number of halogens is 2. The first-order valence-corrected chi connectivity index (χ1v) is 8.13. The lowest BCUT2D eigenvalue weighted by molar-refractivity contribution is 0.369. The zero-order chi connectivity index (χ0) is 14.0. The van der Waals surface area contributed by atoms with Gasteiger partial charge in [0.15, 0.2) is 0 Å². The third-order valence-electron chi connectivity index (χ3n) is 3.92. The molecule has 0 fully saturated rings. The predicted octanol–water partition coefficient (Wildman–Crippen LogP) is 5.19. The first-order valence-electron chi connectivity index (χ1n) is 6.80. The van der Waals surface area contributed by atoms with E-state index in [2.05, 4.69) is 59.5 Å². The summed E-state index contributed by atoms with van der Waals surface area (Å²) in [6.45, 7) is 6.80. The van der Waals surface area contributed by atoms with Crippen LogP contribution in [0.25, 0.3) is 11.0 Å². The third kappa shape index (κ3) is 2.97. The van der Waals surface area contributed by atoms with E-state index in [1.54, 1.807) is 0 Å². The van der Waals surface area contributed by atoms with Gasteiger partial charge >= 0.3 is 0 Å². The maximum absolute atomic E-state index is 5.92. The Kier molecular flexibility index (Phi) is 4.91. The molecule has 2 nitrogen and oxygen atoms in total. The zero-order valence-electron chi connectivity index (χ0n) is 11.7. The number of aromatic nitrogens is 2. The van der Waals surface area contributed by atoms with Crippen LogP contribution in [0, 0.1) is 5.92 Å². The molecule has 1 heterocycles. The third-order valence-corrected chi connectivity index (χ3v) is 4.60. The Morgan fingerprint density at radius 3 is 2.74 bits per heavy atom. The largest absolute Gasteiger partial charge is 0.325 e. The fraction of sp³-hybridized carbons (Fsp3) is 0.533. The molecule has 0 radical (unpaired) electrons. The highest BCUT2D eigenvalue weighted by Gasteiger charge is 2.19. The smallest absolute Gasteiger partial charge is 0.111 e. The molecular weight excluding hydrogens is 324 g/mol. The van der Waals surface area contributed by atoms with Crippen molar-refractivity contribution in [3.05, 3.63) is 28.5 Å². The molecule has 0 aliphatic heterocycles. The monoisotopic (exact) mass is 342 g/mol. The van der Waals surface area contributed by atoms with E-state index in [0.717, 1.165) is 28.7 Å². The molecular formula is C15H20BrClN2. The molecule has 1 aromatic heterocycles. The average Bonchev–Trinajstić information content (AvgIpc) is 2.74. The SMILES string of the molecule is CCC(C)C(C)n1c(CCCl)nc2cc(Br)ccc21. The standard InChI is InChI=1S/C15H20BrClN2/c1-4-10(2)11(3)19-14-6-5-12(16)9-13(14)18-15(19)7-8-17/h5-6,9-11H,4,7-8H2,1-3H3. The van der Waals surface area contributed by atoms with Gasteiger partial charge in [-0.3, -0.25) is 0 Å². The van der Waals surface area contributed by atoms with Crippen LogP contribution in [0.5, 0.6) is 0 Å². The number of imidazole rings is 1. The van der Waals surface area contributed by atoms with Gasteiger partial charge in [0.1, 0.15) is 5.82 Å². The Bertz CT molecular complexity index is 565. The van der Waals surface area contributed by atoms with Crippen LogP contribution in [0.4, 0.5) is 0 Å². The van der Waals surface area contributed by atoms with Gasteiger partial charge in [-0.15, -0.1) is 11.6 Å². The van der Waals surface area contributed by atoms with E-state index in [-0.39, 0.29) is 0 Å². The van der Waals surface area contributed by atoms with E-state index < -0.39 is 0 Å². The van der Waals surface area contributed by atoms with Gasteiger partial charge < -0.3 is 4.57 Å². The molecule has 0 spiro atoms. The Morgan fingerprint density at radius 1 is 1.37 bits per heavy atom. The zero-order valence-corrected chi connectivity index (χ0v) is 14.0. The van der Waals surface area contributed by atoms with Crippen LogP contribution < -0.4 is 0 Å². The van der Waals surface area contributed by atoms with Gasteiger partial charge in [-0.1, -0.05) is 36.2 Å². The first-order chi connectivity index (χ1) is 9.08. The minimum Gasteiger partial charge on any atom is -0.325 e. The van der Waals surface area contributed by atoms with E-state index in [1.807, 2.05) is 0 Å². The molecule has 0 N–H and O–H groups in total. The van der Waals surface area contributed by atoms with Crippen molar-refractivity contribution in [2.45, 2.75) is 39.7 Å². The molecule has 1 aromatic carbocycles. The highest BCUT2D eigenvalue weighted by molar-refractivity contribution is 9.10. The Morgan fingerprint density at radius 2 is 2.11 bits per heavy atom. The summed E-state index contributed by atoms with van der Waals surface area (Å²) in [4.78, 5) is 4.75. The van der Waals surface area contributed by atoms with Crippen molar-refractivity contribution in [2.24, 2.45) is 5.92 Å². The first kappa shape index (κ1) is 14.9. The van der Waals surface area contributed by atoms with Crippen molar-refractivity contribution in [3.8, 4) is 0 Å². The lowest BCUT2D eigenvalue weighted by Crippen LogP contribution is -2.16. The maximum Gasteiger partial charge on any atom is 0.111 e. The number of hydrogen-bond donors (Lipinski definition) is 0. The molecule has 0 aliphatic carbocycles. The highest BCUT2D eigenvalue weighted by atomic mass is 79.9. The molecule has 19 heavy (non-hydrogen) atoms. The molecule has 0 amide bonds. The number of hydrogen-bond acceptors (Lipinski definition) is 1. The minimum atomic E-state index is 0.439. The molecule has 0 saturated carbocycles. The summed E-state index contributed by atoms with van der Waals surface area (Å²) in [7, 11) is 0. The summed E-state index contributed by atoms with van der Waals surface area (Å²) >= 11 is 9.43. The number of aryl methyl sites for hydroxylation is 1. The van der Waals surface area contributed by atoms with Gasteiger partial charge in [-0.05, 0) is 31.0 Å². The summed E-state index contributed by atoms with van der Waals surface area (Å²) in [5.74, 6) is 2.32. The van der Waals surface area contributed by atoms with Crippen LogP contribution in [0.1, 0.15) is 39.1 Å². The van der Waals surface area contributed by atoms with Crippen molar-refractivity contribution >= 4 is 38.6 Å². The van der Waals surface area contributed by atoms with E-state index in [4.69, 9.17) is 16.6 Å². The van der Waals surface area contributed by atoms with Crippen LogP contribution in [-0.4, -0.2) is 15.4 Å². The maximum atomic E-state index is 5.92. The molecule has 4 heteroatoms. The summed E-state index contributed by atoms with van der Waals surface area (Å²) in [6, 6.07) is 6.74. The summed E-state index contributed by atoms with van der Waals surface area (Å²) in [5.41, 5.74) is 2.25. The topological polar surface area (TPSA) is 17.8 Å². The van der Waals surface area contributed by atoms with Crippen LogP contribution in [0.2, 0.25) is 0 Å². The van der Waals surface area contributed by atoms with Crippen molar-refractivity contribution in [1.29, 1.82) is 0 Å². The normalized spacial score (nSPS) is 14.8. The number of alkyl halides is 1. The second-order valence-electron chi connectivity index (χ2n) is 5.10. The lowest BCUT2D eigenvalue weighted by Gasteiger charge is -2.23. The van der Waals surface area contributed by atoms with E-state index in [1.165, 1.54) is 5.52 Å². The molecule has 104 valence electrons. The molecule has 2 atom stereocenters. The van der Waals surface area contributed by atoms with Crippen molar-refractivity contribution < 1.29 is 0 Å². The molecule has 2 unspecified atom stereocenters. The van der Waals surface area contributed by atoms with Crippen molar-refractivity contribution in [3.63, 3.8) is 0 Å². The van der Waals surface area contributed by atoms with Crippen LogP contribution >= 0.6 is 27.5 Å². The number of rotatable bonds is 5. The predicted molar refractivity (Wildman–Crippen MR) is 86.0 cm³/mol. The van der Waals surface area contributed by atoms with E-state index in [0.29, 0.717) is 17.8 Å². The number of benzene rings is 1. The van der Waals surface area contributed by atoms with E-state index >= 15 is 0 Å². The lowest BCUT2D eigenvalue weighted by atomic mass is 10.0. The fourth-order valence-electron chi connectivity index (χ4n) is 2.43. The van der Waals surface area contributed by atoms with Gasteiger partial charge in [-0.25, -0.2) is 4.98 Å². The van der Waals surface area contributed by atoms with Gasteiger partial charge in [-0.2, -0.15) is 0 Å². The van der Waals surface area contributed by atoms with E-state index in [9.17, 15) is 0 Å². The second kappa shape index (κ2) is 6.27. The van der Waals surface area contributed by atoms with Crippen LogP contribution in [-0.2, 0) is 6.42 Å². The second-order valence-corrected chi connectivity index (χ2v) is 6.39. The number of fused-ring (bicyclic) bond motifs is 1. The molecule has 0 bridgehead atoms. The van der Waals surface area contributed by atoms with Crippen LogP contribution in [0.15, 0.2) is 22.7 Å². The fourth-order valence-corrected chi connectivity index (χ4v) is 2.95. The number of nitrogens with zero attached hydrogens (tertiary/aromatic N) is 2. The molecule has 0 aliphatic rings. The summed E-state index contributed by atoms with van der Waals surface area (Å²) in [6.07, 6.45) is 1.98. The van der Waals surface area contributed by atoms with Crippen molar-refractivity contribution in [2.75, 3.05) is 5.88 Å². The minimum absolute atomic E-state index is 0.439. The molecule has 2 rings (SSSR count). The Balaban J connectivity index is 2.57. The summed E-state index contributed by atoms with van der Waals surface area (Å²) in [5, 5.41) is 0. The molecule has 2 aromatic rings. The Labute approximate surface area is 128 Å². The molecule has 0 saturated heterocycles. The Hall–Kier alpha value is -0.540. The van der Waals surface area contributed by atoms with Gasteiger partial charge in [0.05, 0.1) is 11.0 Å². The van der Waals surface area contributed by atoms with Gasteiger partial charge in [0.2, 0.25) is 0 Å². The highest BCUT2D eigenvalue weighted by Crippen LogP contribution is 2.29. The van der Waals surface area contributed by atoms with Crippen LogP contribution in [0.3, 0.4) is 0 Å². The average molecular weight is 344 g/mol.